The molecule has 1 aromatic heterocycles. The van der Waals surface area contributed by atoms with E-state index in [1.165, 1.54) is 37.5 Å². The van der Waals surface area contributed by atoms with Crippen LogP contribution in [0.5, 0.6) is 0 Å². The van der Waals surface area contributed by atoms with Crippen LogP contribution in [0.3, 0.4) is 0 Å². The second-order valence-electron chi connectivity index (χ2n) is 9.12. The maximum atomic E-state index is 4.86. The lowest BCUT2D eigenvalue weighted by molar-refractivity contribution is 1.29. The molecule has 6 aromatic carbocycles. The van der Waals surface area contributed by atoms with E-state index < -0.39 is 7.92 Å². The van der Waals surface area contributed by atoms with Crippen molar-refractivity contribution in [2.45, 2.75) is 0 Å². The first-order valence-corrected chi connectivity index (χ1v) is 13.8. The molecule has 0 aliphatic rings. The maximum absolute atomic E-state index is 4.86. The van der Waals surface area contributed by atoms with E-state index in [9.17, 15) is 0 Å². The minimum atomic E-state index is -0.791. The van der Waals surface area contributed by atoms with Crippen molar-refractivity contribution in [2.75, 3.05) is 0 Å². The van der Waals surface area contributed by atoms with Crippen molar-refractivity contribution in [1.29, 1.82) is 0 Å². The highest BCUT2D eigenvalue weighted by atomic mass is 31.1. The fraction of sp³-hybridized carbons (Fsp3) is 0. The molecule has 0 fully saturated rings. The van der Waals surface area contributed by atoms with Gasteiger partial charge < -0.3 is 0 Å². The zero-order valence-corrected chi connectivity index (χ0v) is 21.0. The molecule has 0 N–H and O–H groups in total. The Kier molecular flexibility index (Phi) is 5.46. The Balaban J connectivity index is 1.41. The summed E-state index contributed by atoms with van der Waals surface area (Å²) in [7, 11) is -0.791. The predicted octanol–water partition coefficient (Wildman–Crippen LogP) is 7.36. The lowest BCUT2D eigenvalue weighted by Gasteiger charge is -2.23. The van der Waals surface area contributed by atoms with Gasteiger partial charge in [-0.25, -0.2) is 4.98 Å². The van der Waals surface area contributed by atoms with E-state index >= 15 is 0 Å². The monoisotopic (exact) mass is 490 g/mol. The topological polar surface area (TPSA) is 25.8 Å². The van der Waals surface area contributed by atoms with Crippen molar-refractivity contribution in [3.05, 3.63) is 140 Å². The second-order valence-corrected chi connectivity index (χ2v) is 11.3. The van der Waals surface area contributed by atoms with E-state index in [0.717, 1.165) is 22.3 Å². The van der Waals surface area contributed by atoms with Gasteiger partial charge in [-0.1, -0.05) is 121 Å². The number of para-hydroxylation sites is 2. The van der Waals surface area contributed by atoms with Crippen LogP contribution in [0.4, 0.5) is 0 Å². The average Bonchev–Trinajstić information content (AvgIpc) is 2.98. The van der Waals surface area contributed by atoms with Gasteiger partial charge in [-0.05, 0) is 57.5 Å². The van der Waals surface area contributed by atoms with Gasteiger partial charge in [0.15, 0.2) is 0 Å². The number of benzene rings is 6. The molecule has 2 nitrogen and oxygen atoms in total. The number of hydrogen-bond acceptors (Lipinski definition) is 2. The SMILES string of the molecule is c1ccc2c(P(c3ccc(-c4cnc5ccccc5n4)cc3)c3cccc4ccccc34)cccc2c1. The quantitative estimate of drug-likeness (QED) is 0.241. The number of nitrogens with zero attached hydrogens (tertiary/aromatic N) is 2. The van der Waals surface area contributed by atoms with E-state index in [-0.39, 0.29) is 0 Å². The summed E-state index contributed by atoms with van der Waals surface area (Å²) in [6.45, 7) is 0. The van der Waals surface area contributed by atoms with Crippen LogP contribution >= 0.6 is 7.92 Å². The summed E-state index contributed by atoms with van der Waals surface area (Å²) in [4.78, 5) is 9.48. The average molecular weight is 491 g/mol. The standard InChI is InChI=1S/C34H23N2P/c1-3-13-28-24(9-1)11-7-17-33(28)37(34-18-8-12-25-10-2-4-14-29(25)34)27-21-19-26(20-22-27)32-23-35-30-15-5-6-16-31(30)36-32/h1-23H. The summed E-state index contributed by atoms with van der Waals surface area (Å²) in [6, 6.07) is 47.8. The molecule has 174 valence electrons. The molecule has 0 atom stereocenters. The van der Waals surface area contributed by atoms with Crippen LogP contribution in [0.15, 0.2) is 140 Å². The van der Waals surface area contributed by atoms with E-state index in [1.54, 1.807) is 0 Å². The molecule has 7 rings (SSSR count). The smallest absolute Gasteiger partial charge is 0.0894 e. The summed E-state index contributed by atoms with van der Waals surface area (Å²) < 4.78 is 0. The van der Waals surface area contributed by atoms with Gasteiger partial charge in [0.25, 0.3) is 0 Å². The molecular weight excluding hydrogens is 467 g/mol. The first-order chi connectivity index (χ1) is 18.3. The maximum Gasteiger partial charge on any atom is 0.0894 e. The first kappa shape index (κ1) is 21.9. The van der Waals surface area contributed by atoms with Crippen LogP contribution in [0.25, 0.3) is 43.8 Å². The molecule has 1 heterocycles. The molecule has 0 bridgehead atoms. The van der Waals surface area contributed by atoms with Gasteiger partial charge in [-0.15, -0.1) is 0 Å². The van der Waals surface area contributed by atoms with E-state index in [2.05, 4.69) is 114 Å². The Hall–Kier alpha value is -4.39. The molecule has 0 saturated heterocycles. The summed E-state index contributed by atoms with van der Waals surface area (Å²) in [5.41, 5.74) is 3.80. The molecule has 0 saturated carbocycles. The molecule has 0 radical (unpaired) electrons. The molecule has 0 aliphatic heterocycles. The minimum absolute atomic E-state index is 0.791. The van der Waals surface area contributed by atoms with E-state index in [1.807, 2.05) is 30.5 Å². The number of hydrogen-bond donors (Lipinski definition) is 0. The van der Waals surface area contributed by atoms with Crippen molar-refractivity contribution >= 4 is 56.4 Å². The number of aromatic nitrogens is 2. The fourth-order valence-electron chi connectivity index (χ4n) is 5.09. The fourth-order valence-corrected chi connectivity index (χ4v) is 7.71. The first-order valence-electron chi connectivity index (χ1n) is 12.4. The highest BCUT2D eigenvalue weighted by Crippen LogP contribution is 2.38. The van der Waals surface area contributed by atoms with Crippen molar-refractivity contribution in [3.63, 3.8) is 0 Å². The third-order valence-corrected chi connectivity index (χ3v) is 9.44. The van der Waals surface area contributed by atoms with E-state index in [4.69, 9.17) is 4.98 Å². The summed E-state index contributed by atoms with van der Waals surface area (Å²) in [5, 5.41) is 9.25. The largest absolute Gasteiger partial charge is 0.252 e. The molecule has 0 spiro atoms. The Morgan fingerprint density at radius 1 is 0.459 bits per heavy atom. The summed E-state index contributed by atoms with van der Waals surface area (Å²) >= 11 is 0. The Labute approximate surface area is 217 Å². The molecule has 0 amide bonds. The third kappa shape index (κ3) is 3.96. The number of rotatable bonds is 4. The van der Waals surface area contributed by atoms with Crippen LogP contribution in [-0.4, -0.2) is 9.97 Å². The summed E-state index contributed by atoms with van der Waals surface area (Å²) in [5.74, 6) is 0. The highest BCUT2D eigenvalue weighted by molar-refractivity contribution is 7.80. The van der Waals surface area contributed by atoms with Crippen molar-refractivity contribution in [3.8, 4) is 11.3 Å². The molecule has 37 heavy (non-hydrogen) atoms. The van der Waals surface area contributed by atoms with Gasteiger partial charge in [0, 0.05) is 5.56 Å². The van der Waals surface area contributed by atoms with Gasteiger partial charge in [-0.2, -0.15) is 0 Å². The van der Waals surface area contributed by atoms with Gasteiger partial charge >= 0.3 is 0 Å². The predicted molar refractivity (Wildman–Crippen MR) is 159 cm³/mol. The number of fused-ring (bicyclic) bond motifs is 3. The van der Waals surface area contributed by atoms with E-state index in [0.29, 0.717) is 0 Å². The van der Waals surface area contributed by atoms with Gasteiger partial charge in [-0.3, -0.25) is 4.98 Å². The lowest BCUT2D eigenvalue weighted by atomic mass is 10.1. The van der Waals surface area contributed by atoms with Crippen molar-refractivity contribution in [2.24, 2.45) is 0 Å². The third-order valence-electron chi connectivity index (χ3n) is 6.88. The zero-order chi connectivity index (χ0) is 24.6. The van der Waals surface area contributed by atoms with Crippen LogP contribution in [-0.2, 0) is 0 Å². The highest BCUT2D eigenvalue weighted by Gasteiger charge is 2.21. The van der Waals surface area contributed by atoms with Gasteiger partial charge in [0.05, 0.1) is 22.9 Å². The Bertz CT molecular complexity index is 1800. The molecule has 0 aliphatic carbocycles. The zero-order valence-electron chi connectivity index (χ0n) is 20.1. The molecular formula is C34H23N2P. The van der Waals surface area contributed by atoms with Crippen molar-refractivity contribution in [1.82, 2.24) is 9.97 Å². The molecule has 7 aromatic rings. The lowest BCUT2D eigenvalue weighted by Crippen LogP contribution is -2.22. The van der Waals surface area contributed by atoms with Crippen molar-refractivity contribution < 1.29 is 0 Å². The van der Waals surface area contributed by atoms with Crippen LogP contribution in [0, 0.1) is 0 Å². The van der Waals surface area contributed by atoms with Crippen LogP contribution in [0.2, 0.25) is 0 Å². The molecule has 3 heteroatoms. The van der Waals surface area contributed by atoms with Crippen LogP contribution in [0.1, 0.15) is 0 Å². The van der Waals surface area contributed by atoms with Gasteiger partial charge in [0.2, 0.25) is 0 Å². The van der Waals surface area contributed by atoms with Crippen LogP contribution < -0.4 is 15.9 Å². The Morgan fingerprint density at radius 2 is 1.00 bits per heavy atom. The normalized spacial score (nSPS) is 11.5. The Morgan fingerprint density at radius 3 is 1.65 bits per heavy atom. The second kappa shape index (κ2) is 9.24. The molecule has 0 unspecified atom stereocenters. The summed E-state index contributed by atoms with van der Waals surface area (Å²) in [6.07, 6.45) is 1.87. The van der Waals surface area contributed by atoms with Gasteiger partial charge in [0.1, 0.15) is 0 Å². The minimum Gasteiger partial charge on any atom is -0.252 e.